The Morgan fingerprint density at radius 2 is 1.98 bits per heavy atom. The largest absolute Gasteiger partial charge is 0.383 e. The minimum absolute atomic E-state index is 0.0745. The molecule has 1 atom stereocenters. The van der Waals surface area contributed by atoms with Crippen molar-refractivity contribution in [3.63, 3.8) is 0 Å². The minimum Gasteiger partial charge on any atom is -0.383 e. The molecule has 10 nitrogen and oxygen atoms in total. The molecule has 5 heterocycles. The number of fused-ring (bicyclic) bond motifs is 2. The number of hydrogen-bond acceptors (Lipinski definition) is 7. The summed E-state index contributed by atoms with van der Waals surface area (Å²) < 4.78 is 3.73. The van der Waals surface area contributed by atoms with Crippen LogP contribution in [0.2, 0.25) is 0 Å². The SMILES string of the molecule is Cc1cncc(C(=O)N[C@H]2CCc3cc(-n4c(-c5cccnc5N)nc5ccc(-n6cccn6)nc54)ccc32)c1. The van der Waals surface area contributed by atoms with E-state index in [1.807, 2.05) is 60.2 Å². The van der Waals surface area contributed by atoms with Crippen LogP contribution in [0, 0.1) is 6.92 Å². The van der Waals surface area contributed by atoms with Gasteiger partial charge in [-0.1, -0.05) is 6.07 Å². The second-order valence-corrected chi connectivity index (χ2v) is 9.87. The zero-order chi connectivity index (χ0) is 27.2. The first-order valence-electron chi connectivity index (χ1n) is 13.0. The average molecular weight is 528 g/mol. The molecular formula is C30H25N9O. The van der Waals surface area contributed by atoms with Crippen LogP contribution in [0.3, 0.4) is 0 Å². The summed E-state index contributed by atoms with van der Waals surface area (Å²) in [6.45, 7) is 1.93. The molecule has 1 amide bonds. The van der Waals surface area contributed by atoms with E-state index in [4.69, 9.17) is 15.7 Å². The Morgan fingerprint density at radius 3 is 2.80 bits per heavy atom. The quantitative estimate of drug-likeness (QED) is 0.340. The van der Waals surface area contributed by atoms with Crippen LogP contribution >= 0.6 is 0 Å². The molecule has 1 aliphatic carbocycles. The molecule has 1 aliphatic rings. The van der Waals surface area contributed by atoms with E-state index in [0.29, 0.717) is 28.7 Å². The van der Waals surface area contributed by atoms with Crippen molar-refractivity contribution in [2.75, 3.05) is 5.73 Å². The Labute approximate surface area is 229 Å². The highest BCUT2D eigenvalue weighted by molar-refractivity contribution is 5.94. The van der Waals surface area contributed by atoms with Crippen molar-refractivity contribution in [2.45, 2.75) is 25.8 Å². The van der Waals surface area contributed by atoms with Crippen LogP contribution in [-0.2, 0) is 6.42 Å². The van der Waals surface area contributed by atoms with Gasteiger partial charge in [-0.2, -0.15) is 5.10 Å². The Balaban J connectivity index is 1.31. The fourth-order valence-electron chi connectivity index (χ4n) is 5.32. The predicted molar refractivity (Wildman–Crippen MR) is 151 cm³/mol. The topological polar surface area (TPSA) is 129 Å². The lowest BCUT2D eigenvalue weighted by Crippen LogP contribution is -2.27. The molecule has 0 unspecified atom stereocenters. The number of aryl methyl sites for hydroxylation is 2. The van der Waals surface area contributed by atoms with Crippen LogP contribution in [0.4, 0.5) is 5.82 Å². The van der Waals surface area contributed by atoms with Crippen LogP contribution < -0.4 is 11.1 Å². The van der Waals surface area contributed by atoms with Crippen LogP contribution in [0.1, 0.15) is 39.5 Å². The second kappa shape index (κ2) is 9.42. The number of pyridine rings is 3. The standard InChI is InChI=1S/C30H25N9O/c1-18-14-20(17-32-16-18)30(40)36-24-8-5-19-15-21(6-7-22(19)24)39-28(23-4-2-11-33-27(23)31)35-25-9-10-26(37-29(25)39)38-13-3-12-34-38/h2-4,6-7,9-17,24H,5,8H2,1H3,(H2,31,33)(H,36,40)/t24-/m0/s1. The molecule has 7 rings (SSSR count). The van der Waals surface area contributed by atoms with E-state index in [9.17, 15) is 4.79 Å². The fraction of sp³-hybridized carbons (Fsp3) is 0.133. The number of anilines is 1. The highest BCUT2D eigenvalue weighted by Gasteiger charge is 2.26. The van der Waals surface area contributed by atoms with Gasteiger partial charge >= 0.3 is 0 Å². The van der Waals surface area contributed by atoms with E-state index in [1.54, 1.807) is 29.5 Å². The van der Waals surface area contributed by atoms with Crippen molar-refractivity contribution in [2.24, 2.45) is 0 Å². The Morgan fingerprint density at radius 1 is 1.05 bits per heavy atom. The molecule has 0 saturated carbocycles. The minimum atomic E-state index is -0.122. The molecule has 0 fully saturated rings. The van der Waals surface area contributed by atoms with Gasteiger partial charge in [-0.3, -0.25) is 14.3 Å². The van der Waals surface area contributed by atoms with Crippen LogP contribution in [0.15, 0.2) is 85.6 Å². The van der Waals surface area contributed by atoms with Gasteiger partial charge in [0, 0.05) is 36.7 Å². The molecule has 1 aromatic carbocycles. The third-order valence-corrected chi connectivity index (χ3v) is 7.21. The summed E-state index contributed by atoms with van der Waals surface area (Å²) in [5.41, 5.74) is 13.1. The number of nitrogens with zero attached hydrogens (tertiary/aromatic N) is 7. The van der Waals surface area contributed by atoms with E-state index < -0.39 is 0 Å². The van der Waals surface area contributed by atoms with E-state index in [1.165, 1.54) is 5.56 Å². The van der Waals surface area contributed by atoms with E-state index in [-0.39, 0.29) is 11.9 Å². The number of amides is 1. The Kier molecular flexibility index (Phi) is 5.59. The fourth-order valence-corrected chi connectivity index (χ4v) is 5.32. The normalized spacial score (nSPS) is 14.4. The predicted octanol–water partition coefficient (Wildman–Crippen LogP) is 4.37. The van der Waals surface area contributed by atoms with Gasteiger partial charge in [0.15, 0.2) is 17.3 Å². The number of carbonyl (C=O) groups is 1. The maximum atomic E-state index is 12.9. The number of aromatic nitrogens is 7. The lowest BCUT2D eigenvalue weighted by molar-refractivity contribution is 0.0936. The molecule has 0 radical (unpaired) electrons. The first-order chi connectivity index (χ1) is 19.5. The van der Waals surface area contributed by atoms with E-state index in [0.717, 1.165) is 40.7 Å². The molecule has 5 aromatic heterocycles. The zero-order valence-electron chi connectivity index (χ0n) is 21.7. The summed E-state index contributed by atoms with van der Waals surface area (Å²) in [5.74, 6) is 1.60. The van der Waals surface area contributed by atoms with Crippen molar-refractivity contribution in [3.05, 3.63) is 108 Å². The molecule has 10 heteroatoms. The summed E-state index contributed by atoms with van der Waals surface area (Å²) >= 11 is 0. The van der Waals surface area contributed by atoms with Gasteiger partial charge in [0.05, 0.1) is 17.2 Å². The molecule has 0 spiro atoms. The monoisotopic (exact) mass is 527 g/mol. The van der Waals surface area contributed by atoms with Gasteiger partial charge in [-0.25, -0.2) is 19.6 Å². The van der Waals surface area contributed by atoms with Crippen LogP contribution in [-0.4, -0.2) is 40.2 Å². The highest BCUT2D eigenvalue weighted by atomic mass is 16.1. The van der Waals surface area contributed by atoms with Crippen molar-refractivity contribution >= 4 is 22.9 Å². The third kappa shape index (κ3) is 4.06. The van der Waals surface area contributed by atoms with Gasteiger partial charge in [0.1, 0.15) is 11.3 Å². The molecular weight excluding hydrogens is 502 g/mol. The molecule has 0 bridgehead atoms. The van der Waals surface area contributed by atoms with Crippen LogP contribution in [0.5, 0.6) is 0 Å². The van der Waals surface area contributed by atoms with Gasteiger partial charge in [-0.05, 0) is 85.0 Å². The number of nitrogens with two attached hydrogens (primary N) is 1. The third-order valence-electron chi connectivity index (χ3n) is 7.21. The summed E-state index contributed by atoms with van der Waals surface area (Å²) in [7, 11) is 0. The molecule has 40 heavy (non-hydrogen) atoms. The Bertz CT molecular complexity index is 1890. The summed E-state index contributed by atoms with van der Waals surface area (Å²) in [4.78, 5) is 31.2. The van der Waals surface area contributed by atoms with Crippen molar-refractivity contribution in [1.29, 1.82) is 0 Å². The van der Waals surface area contributed by atoms with E-state index in [2.05, 4.69) is 32.5 Å². The summed E-state index contributed by atoms with van der Waals surface area (Å²) in [6, 6.07) is 17.5. The first kappa shape index (κ1) is 23.7. The first-order valence-corrected chi connectivity index (χ1v) is 13.0. The molecule has 6 aromatic rings. The number of carbonyl (C=O) groups excluding carboxylic acids is 1. The summed E-state index contributed by atoms with van der Waals surface area (Å²) in [6.07, 6.45) is 10.2. The molecule has 0 saturated heterocycles. The number of rotatable bonds is 5. The van der Waals surface area contributed by atoms with Gasteiger partial charge < -0.3 is 11.1 Å². The zero-order valence-corrected chi connectivity index (χ0v) is 21.7. The maximum absolute atomic E-state index is 12.9. The number of hydrogen-bond donors (Lipinski definition) is 2. The molecule has 0 aliphatic heterocycles. The highest BCUT2D eigenvalue weighted by Crippen LogP contribution is 2.36. The number of nitrogens with one attached hydrogen (secondary N) is 1. The average Bonchev–Trinajstić information content (AvgIpc) is 3.72. The smallest absolute Gasteiger partial charge is 0.253 e. The maximum Gasteiger partial charge on any atom is 0.253 e. The van der Waals surface area contributed by atoms with Gasteiger partial charge in [0.25, 0.3) is 5.91 Å². The lowest BCUT2D eigenvalue weighted by Gasteiger charge is -2.16. The molecule has 3 N–H and O–H groups in total. The molecule has 196 valence electrons. The lowest BCUT2D eigenvalue weighted by atomic mass is 10.1. The van der Waals surface area contributed by atoms with Gasteiger partial charge in [0.2, 0.25) is 0 Å². The second-order valence-electron chi connectivity index (χ2n) is 9.87. The Hall–Kier alpha value is -5.38. The van der Waals surface area contributed by atoms with Crippen molar-refractivity contribution in [3.8, 4) is 22.9 Å². The van der Waals surface area contributed by atoms with Crippen molar-refractivity contribution < 1.29 is 4.79 Å². The summed E-state index contributed by atoms with van der Waals surface area (Å²) in [5, 5.41) is 7.52. The van der Waals surface area contributed by atoms with Crippen molar-refractivity contribution in [1.82, 2.24) is 39.6 Å². The van der Waals surface area contributed by atoms with Crippen LogP contribution in [0.25, 0.3) is 34.1 Å². The number of imidazole rings is 1. The van der Waals surface area contributed by atoms with Gasteiger partial charge in [-0.15, -0.1) is 0 Å². The number of benzene rings is 1. The number of nitrogen functional groups attached to an aromatic ring is 1. The van der Waals surface area contributed by atoms with E-state index >= 15 is 0 Å².